The maximum absolute atomic E-state index is 13.3. The van der Waals surface area contributed by atoms with E-state index in [2.05, 4.69) is 16.0 Å². The number of alkyl halides is 3. The first-order valence-corrected chi connectivity index (χ1v) is 8.70. The van der Waals surface area contributed by atoms with Gasteiger partial charge < -0.3 is 4.90 Å². The summed E-state index contributed by atoms with van der Waals surface area (Å²) < 4.78 is 39.9. The first-order chi connectivity index (χ1) is 12.0. The first-order valence-electron chi connectivity index (χ1n) is 7.82. The first kappa shape index (κ1) is 16.1. The number of nitrogens with zero attached hydrogens (tertiary/aromatic N) is 3. The summed E-state index contributed by atoms with van der Waals surface area (Å²) >= 11 is 1.36. The van der Waals surface area contributed by atoms with Crippen LogP contribution in [0.4, 0.5) is 19.1 Å². The van der Waals surface area contributed by atoms with E-state index in [9.17, 15) is 13.2 Å². The minimum atomic E-state index is -4.50. The van der Waals surface area contributed by atoms with Crippen molar-refractivity contribution in [3.05, 3.63) is 64.7 Å². The van der Waals surface area contributed by atoms with Gasteiger partial charge in [-0.05, 0) is 35.1 Å². The fourth-order valence-electron chi connectivity index (χ4n) is 2.94. The predicted octanol–water partition coefficient (Wildman–Crippen LogP) is 4.79. The molecule has 0 radical (unpaired) electrons. The number of rotatable bonds is 2. The van der Waals surface area contributed by atoms with Gasteiger partial charge in [-0.15, -0.1) is 11.3 Å². The fraction of sp³-hybridized carbons (Fsp3) is 0.222. The van der Waals surface area contributed by atoms with Gasteiger partial charge in [0.15, 0.2) is 5.69 Å². The Balaban J connectivity index is 1.75. The molecule has 25 heavy (non-hydrogen) atoms. The lowest BCUT2D eigenvalue weighted by atomic mass is 10.0. The Morgan fingerprint density at radius 2 is 1.80 bits per heavy atom. The van der Waals surface area contributed by atoms with Gasteiger partial charge in [0.1, 0.15) is 0 Å². The maximum Gasteiger partial charge on any atom is 0.433 e. The number of halogens is 3. The van der Waals surface area contributed by atoms with Gasteiger partial charge in [0.25, 0.3) is 0 Å². The summed E-state index contributed by atoms with van der Waals surface area (Å²) in [7, 11) is 0. The van der Waals surface area contributed by atoms with Gasteiger partial charge in [0.2, 0.25) is 5.95 Å². The minimum Gasteiger partial charge on any atom is -0.336 e. The van der Waals surface area contributed by atoms with Crippen LogP contribution in [0.3, 0.4) is 0 Å². The van der Waals surface area contributed by atoms with Crippen LogP contribution in [0.25, 0.3) is 10.6 Å². The van der Waals surface area contributed by atoms with Crippen LogP contribution in [-0.4, -0.2) is 16.5 Å². The van der Waals surface area contributed by atoms with Gasteiger partial charge in [-0.3, -0.25) is 0 Å². The van der Waals surface area contributed by atoms with Gasteiger partial charge in [0, 0.05) is 13.1 Å². The molecule has 7 heteroatoms. The second-order valence-electron chi connectivity index (χ2n) is 5.85. The van der Waals surface area contributed by atoms with E-state index >= 15 is 0 Å². The zero-order valence-corrected chi connectivity index (χ0v) is 13.9. The van der Waals surface area contributed by atoms with Gasteiger partial charge in [0.05, 0.1) is 10.6 Å². The van der Waals surface area contributed by atoms with Crippen molar-refractivity contribution < 1.29 is 13.2 Å². The molecule has 1 aliphatic heterocycles. The van der Waals surface area contributed by atoms with E-state index in [0.717, 1.165) is 18.1 Å². The molecule has 0 saturated carbocycles. The molecule has 0 N–H and O–H groups in total. The summed E-state index contributed by atoms with van der Waals surface area (Å²) in [4.78, 5) is 10.7. The zero-order valence-electron chi connectivity index (χ0n) is 13.1. The molecule has 3 aromatic rings. The second kappa shape index (κ2) is 6.15. The van der Waals surface area contributed by atoms with E-state index in [1.165, 1.54) is 16.9 Å². The van der Waals surface area contributed by atoms with E-state index in [0.29, 0.717) is 23.7 Å². The van der Waals surface area contributed by atoms with Gasteiger partial charge in [-0.25, -0.2) is 9.97 Å². The lowest BCUT2D eigenvalue weighted by Crippen LogP contribution is -2.32. The van der Waals surface area contributed by atoms with E-state index in [-0.39, 0.29) is 5.95 Å². The number of anilines is 1. The van der Waals surface area contributed by atoms with Crippen molar-refractivity contribution in [3.8, 4) is 10.6 Å². The van der Waals surface area contributed by atoms with Crippen molar-refractivity contribution in [2.24, 2.45) is 0 Å². The average molecular weight is 361 g/mol. The van der Waals surface area contributed by atoms with Crippen LogP contribution in [-0.2, 0) is 19.1 Å². The van der Waals surface area contributed by atoms with Crippen LogP contribution in [0, 0.1) is 0 Å². The summed E-state index contributed by atoms with van der Waals surface area (Å²) in [5.74, 6) is 0.132. The third-order valence-corrected chi connectivity index (χ3v) is 5.08. The van der Waals surface area contributed by atoms with E-state index < -0.39 is 11.9 Å². The van der Waals surface area contributed by atoms with Crippen LogP contribution in [0.15, 0.2) is 47.8 Å². The standard InChI is InChI=1S/C18H14F3N3S/c19-18(20,21)16-10-14(15-6-3-9-25-15)22-17(23-16)24-8-7-12-4-1-2-5-13(12)11-24/h1-6,9-10H,7-8,11H2. The van der Waals surface area contributed by atoms with E-state index in [1.54, 1.807) is 12.1 Å². The summed E-state index contributed by atoms with van der Waals surface area (Å²) in [5, 5.41) is 1.82. The third kappa shape index (κ3) is 3.24. The van der Waals surface area contributed by atoms with Crippen LogP contribution >= 0.6 is 11.3 Å². The average Bonchev–Trinajstić information content (AvgIpc) is 3.15. The molecule has 0 unspecified atom stereocenters. The van der Waals surface area contributed by atoms with Crippen molar-refractivity contribution in [1.29, 1.82) is 0 Å². The highest BCUT2D eigenvalue weighted by Gasteiger charge is 2.34. The Morgan fingerprint density at radius 1 is 1.00 bits per heavy atom. The molecule has 128 valence electrons. The van der Waals surface area contributed by atoms with Crippen molar-refractivity contribution in [2.45, 2.75) is 19.1 Å². The molecule has 0 aliphatic carbocycles. The van der Waals surface area contributed by atoms with Crippen molar-refractivity contribution in [1.82, 2.24) is 9.97 Å². The summed E-state index contributed by atoms with van der Waals surface area (Å²) in [6.45, 7) is 1.11. The lowest BCUT2D eigenvalue weighted by molar-refractivity contribution is -0.141. The predicted molar refractivity (Wildman–Crippen MR) is 91.5 cm³/mol. The molecule has 0 atom stereocenters. The SMILES string of the molecule is FC(F)(F)c1cc(-c2cccs2)nc(N2CCc3ccccc3C2)n1. The molecule has 1 aromatic carbocycles. The van der Waals surface area contributed by atoms with Gasteiger partial charge >= 0.3 is 6.18 Å². The molecule has 0 fully saturated rings. The molecule has 3 nitrogen and oxygen atoms in total. The number of aromatic nitrogens is 2. The van der Waals surface area contributed by atoms with Gasteiger partial charge in [-0.2, -0.15) is 13.2 Å². The molecular formula is C18H14F3N3S. The Bertz CT molecular complexity index is 891. The smallest absolute Gasteiger partial charge is 0.336 e. The van der Waals surface area contributed by atoms with Crippen LogP contribution in [0.1, 0.15) is 16.8 Å². The Hall–Kier alpha value is -2.41. The minimum absolute atomic E-state index is 0.132. The number of benzene rings is 1. The summed E-state index contributed by atoms with van der Waals surface area (Å²) in [5.41, 5.74) is 1.74. The third-order valence-electron chi connectivity index (χ3n) is 4.19. The monoisotopic (exact) mass is 361 g/mol. The van der Waals surface area contributed by atoms with Gasteiger partial charge in [-0.1, -0.05) is 30.3 Å². The van der Waals surface area contributed by atoms with E-state index in [1.807, 2.05) is 28.5 Å². The molecule has 0 saturated heterocycles. The molecular weight excluding hydrogens is 347 g/mol. The van der Waals surface area contributed by atoms with E-state index in [4.69, 9.17) is 0 Å². The topological polar surface area (TPSA) is 29.0 Å². The fourth-order valence-corrected chi connectivity index (χ4v) is 3.62. The second-order valence-corrected chi connectivity index (χ2v) is 6.80. The van der Waals surface area contributed by atoms with Crippen LogP contribution in [0.5, 0.6) is 0 Å². The molecule has 4 rings (SSSR count). The number of fused-ring (bicyclic) bond motifs is 1. The quantitative estimate of drug-likeness (QED) is 0.657. The van der Waals surface area contributed by atoms with Crippen LogP contribution in [0.2, 0.25) is 0 Å². The summed E-state index contributed by atoms with van der Waals surface area (Å²) in [6.07, 6.45) is -3.73. The zero-order chi connectivity index (χ0) is 17.4. The molecule has 0 bridgehead atoms. The highest BCUT2D eigenvalue weighted by atomic mass is 32.1. The maximum atomic E-state index is 13.3. The molecule has 0 amide bonds. The highest BCUT2D eigenvalue weighted by molar-refractivity contribution is 7.13. The lowest BCUT2D eigenvalue weighted by Gasteiger charge is -2.29. The Morgan fingerprint density at radius 3 is 2.52 bits per heavy atom. The Labute approximate surface area is 146 Å². The molecule has 3 heterocycles. The van der Waals surface area contributed by atoms with Crippen molar-refractivity contribution in [3.63, 3.8) is 0 Å². The van der Waals surface area contributed by atoms with Crippen LogP contribution < -0.4 is 4.90 Å². The Kier molecular flexibility index (Phi) is 3.95. The molecule has 1 aliphatic rings. The van der Waals surface area contributed by atoms with Crippen molar-refractivity contribution >= 4 is 17.3 Å². The normalized spacial score (nSPS) is 14.4. The molecule has 2 aromatic heterocycles. The number of thiophene rings is 1. The number of hydrogen-bond acceptors (Lipinski definition) is 4. The largest absolute Gasteiger partial charge is 0.433 e. The molecule has 0 spiro atoms. The summed E-state index contributed by atoms with van der Waals surface area (Å²) in [6, 6.07) is 12.5. The van der Waals surface area contributed by atoms with Crippen molar-refractivity contribution in [2.75, 3.05) is 11.4 Å². The highest BCUT2D eigenvalue weighted by Crippen LogP contribution is 2.34. The number of hydrogen-bond donors (Lipinski definition) is 0.